The first-order valence-corrected chi connectivity index (χ1v) is 8.36. The van der Waals surface area contributed by atoms with Gasteiger partial charge in [-0.2, -0.15) is 0 Å². The Morgan fingerprint density at radius 1 is 0.950 bits per heavy atom. The van der Waals surface area contributed by atoms with Crippen LogP contribution in [0.15, 0.2) is 12.1 Å². The summed E-state index contributed by atoms with van der Waals surface area (Å²) in [6.45, 7) is 8.60. The van der Waals surface area contributed by atoms with Crippen molar-refractivity contribution in [2.45, 2.75) is 85.0 Å². The van der Waals surface area contributed by atoms with E-state index in [0.29, 0.717) is 11.7 Å². The van der Waals surface area contributed by atoms with Crippen LogP contribution < -0.4 is 0 Å². The van der Waals surface area contributed by atoms with Crippen molar-refractivity contribution in [3.8, 4) is 5.75 Å². The minimum absolute atomic E-state index is 0.462. The highest BCUT2D eigenvalue weighted by molar-refractivity contribution is 5.44. The minimum Gasteiger partial charge on any atom is -0.507 e. The molecule has 1 rings (SSSR count). The number of rotatable bonds is 9. The molecule has 1 N–H and O–H groups in total. The van der Waals surface area contributed by atoms with Gasteiger partial charge in [0.25, 0.3) is 0 Å². The number of unbranched alkanes of at least 4 members (excludes halogenated alkanes) is 6. The lowest BCUT2D eigenvalue weighted by Crippen LogP contribution is -1.97. The molecule has 1 nitrogen and oxygen atoms in total. The first-order chi connectivity index (χ1) is 9.56. The van der Waals surface area contributed by atoms with Gasteiger partial charge in [-0.3, -0.25) is 0 Å². The lowest BCUT2D eigenvalue weighted by molar-refractivity contribution is 0.453. The molecule has 0 aromatic heterocycles. The smallest absolute Gasteiger partial charge is 0.121 e. The number of benzene rings is 1. The number of aromatic hydroxyl groups is 1. The minimum atomic E-state index is 0.462. The van der Waals surface area contributed by atoms with E-state index >= 15 is 0 Å². The van der Waals surface area contributed by atoms with E-state index < -0.39 is 0 Å². The molecule has 0 saturated carbocycles. The molecule has 0 bridgehead atoms. The van der Waals surface area contributed by atoms with E-state index in [9.17, 15) is 5.11 Å². The molecule has 0 aliphatic heterocycles. The molecule has 0 aliphatic carbocycles. The molecule has 1 aromatic carbocycles. The molecule has 114 valence electrons. The van der Waals surface area contributed by atoms with Crippen molar-refractivity contribution in [1.29, 1.82) is 0 Å². The summed E-state index contributed by atoms with van der Waals surface area (Å²) in [5.41, 5.74) is 3.39. The van der Waals surface area contributed by atoms with Crippen molar-refractivity contribution in [2.24, 2.45) is 0 Å². The van der Waals surface area contributed by atoms with Gasteiger partial charge in [-0.1, -0.05) is 76.5 Å². The highest BCUT2D eigenvalue weighted by Crippen LogP contribution is 2.33. The third kappa shape index (κ3) is 5.56. The monoisotopic (exact) mass is 276 g/mol. The molecule has 0 amide bonds. The maximum atomic E-state index is 10.2. The van der Waals surface area contributed by atoms with E-state index in [2.05, 4.69) is 32.9 Å². The number of hydrogen-bond acceptors (Lipinski definition) is 1. The van der Waals surface area contributed by atoms with Crippen LogP contribution in [0.25, 0.3) is 0 Å². The molecule has 0 saturated heterocycles. The van der Waals surface area contributed by atoms with Gasteiger partial charge < -0.3 is 5.11 Å². The fourth-order valence-electron chi connectivity index (χ4n) is 2.93. The third-order valence-electron chi connectivity index (χ3n) is 4.25. The fourth-order valence-corrected chi connectivity index (χ4v) is 2.93. The Labute approximate surface area is 125 Å². The maximum absolute atomic E-state index is 10.2. The van der Waals surface area contributed by atoms with Crippen LogP contribution in [0.3, 0.4) is 0 Å². The molecule has 1 aromatic rings. The van der Waals surface area contributed by atoms with Gasteiger partial charge >= 0.3 is 0 Å². The standard InChI is InChI=1S/C19H32O/c1-5-6-7-8-9-10-11-12-16(3)18-14-15(2)13-17(4)19(18)20/h13-14,16,20H,5-12H2,1-4H3. The van der Waals surface area contributed by atoms with Crippen molar-refractivity contribution >= 4 is 0 Å². The number of phenols is 1. The van der Waals surface area contributed by atoms with Crippen molar-refractivity contribution in [1.82, 2.24) is 0 Å². The predicted octanol–water partition coefficient (Wildman–Crippen LogP) is 6.25. The van der Waals surface area contributed by atoms with Crippen LogP contribution in [0.1, 0.15) is 87.8 Å². The summed E-state index contributed by atoms with van der Waals surface area (Å²) in [6.07, 6.45) is 10.6. The summed E-state index contributed by atoms with van der Waals surface area (Å²) in [7, 11) is 0. The molecular weight excluding hydrogens is 244 g/mol. The van der Waals surface area contributed by atoms with Gasteiger partial charge in [-0.25, -0.2) is 0 Å². The second-order valence-electron chi connectivity index (χ2n) is 6.33. The quantitative estimate of drug-likeness (QED) is 0.528. The van der Waals surface area contributed by atoms with Gasteiger partial charge in [0, 0.05) is 0 Å². The van der Waals surface area contributed by atoms with E-state index in [1.807, 2.05) is 6.92 Å². The molecular formula is C19H32O. The van der Waals surface area contributed by atoms with Gasteiger partial charge in [0.2, 0.25) is 0 Å². The molecule has 0 heterocycles. The van der Waals surface area contributed by atoms with Gasteiger partial charge in [0.15, 0.2) is 0 Å². The van der Waals surface area contributed by atoms with E-state index in [0.717, 1.165) is 11.1 Å². The molecule has 0 spiro atoms. The fraction of sp³-hybridized carbons (Fsp3) is 0.684. The lowest BCUT2D eigenvalue weighted by Gasteiger charge is -2.16. The number of phenolic OH excluding ortho intramolecular Hbond substituents is 1. The Hall–Kier alpha value is -0.980. The van der Waals surface area contributed by atoms with E-state index in [1.165, 1.54) is 56.9 Å². The van der Waals surface area contributed by atoms with E-state index in [-0.39, 0.29) is 0 Å². The van der Waals surface area contributed by atoms with Crippen LogP contribution in [-0.4, -0.2) is 5.11 Å². The van der Waals surface area contributed by atoms with E-state index in [1.54, 1.807) is 0 Å². The Kier molecular flexibility index (Phi) is 7.72. The van der Waals surface area contributed by atoms with Crippen LogP contribution in [-0.2, 0) is 0 Å². The summed E-state index contributed by atoms with van der Waals surface area (Å²) in [6, 6.07) is 4.20. The molecule has 20 heavy (non-hydrogen) atoms. The molecule has 0 aliphatic rings. The first-order valence-electron chi connectivity index (χ1n) is 8.36. The number of aryl methyl sites for hydroxylation is 2. The van der Waals surface area contributed by atoms with Gasteiger partial charge in [0.05, 0.1) is 0 Å². The molecule has 0 radical (unpaired) electrons. The second-order valence-corrected chi connectivity index (χ2v) is 6.33. The summed E-state index contributed by atoms with van der Waals surface area (Å²) < 4.78 is 0. The second kappa shape index (κ2) is 9.05. The van der Waals surface area contributed by atoms with Crippen molar-refractivity contribution < 1.29 is 5.11 Å². The normalized spacial score (nSPS) is 12.6. The lowest BCUT2D eigenvalue weighted by atomic mass is 9.91. The van der Waals surface area contributed by atoms with Gasteiger partial charge in [-0.05, 0) is 37.3 Å². The van der Waals surface area contributed by atoms with Crippen LogP contribution in [0.2, 0.25) is 0 Å². The SMILES string of the molecule is CCCCCCCCCC(C)c1cc(C)cc(C)c1O. The van der Waals surface area contributed by atoms with Gasteiger partial charge in [-0.15, -0.1) is 0 Å². The average molecular weight is 276 g/mol. The first kappa shape index (κ1) is 17.1. The third-order valence-corrected chi connectivity index (χ3v) is 4.25. The van der Waals surface area contributed by atoms with Crippen LogP contribution in [0, 0.1) is 13.8 Å². The molecule has 1 atom stereocenters. The van der Waals surface area contributed by atoms with Crippen molar-refractivity contribution in [3.63, 3.8) is 0 Å². The summed E-state index contributed by atoms with van der Waals surface area (Å²) in [5.74, 6) is 0.968. The van der Waals surface area contributed by atoms with Gasteiger partial charge in [0.1, 0.15) is 5.75 Å². The summed E-state index contributed by atoms with van der Waals surface area (Å²) in [5, 5.41) is 10.2. The predicted molar refractivity (Wildman–Crippen MR) is 88.6 cm³/mol. The molecule has 1 heteroatoms. The van der Waals surface area contributed by atoms with Crippen molar-refractivity contribution in [3.05, 3.63) is 28.8 Å². The zero-order chi connectivity index (χ0) is 15.0. The zero-order valence-corrected chi connectivity index (χ0v) is 13.8. The Balaban J connectivity index is 2.34. The Morgan fingerprint density at radius 3 is 2.20 bits per heavy atom. The topological polar surface area (TPSA) is 20.2 Å². The number of hydrogen-bond donors (Lipinski definition) is 1. The van der Waals surface area contributed by atoms with Crippen molar-refractivity contribution in [2.75, 3.05) is 0 Å². The Morgan fingerprint density at radius 2 is 1.55 bits per heavy atom. The summed E-state index contributed by atoms with van der Waals surface area (Å²) >= 11 is 0. The van der Waals surface area contributed by atoms with E-state index in [4.69, 9.17) is 0 Å². The van der Waals surface area contributed by atoms with Crippen LogP contribution in [0.5, 0.6) is 5.75 Å². The maximum Gasteiger partial charge on any atom is 0.121 e. The molecule has 1 unspecified atom stereocenters. The Bertz CT molecular complexity index is 395. The van der Waals surface area contributed by atoms with Crippen LogP contribution in [0.4, 0.5) is 0 Å². The highest BCUT2D eigenvalue weighted by atomic mass is 16.3. The highest BCUT2D eigenvalue weighted by Gasteiger charge is 2.12. The average Bonchev–Trinajstić information content (AvgIpc) is 2.41. The summed E-state index contributed by atoms with van der Waals surface area (Å²) in [4.78, 5) is 0. The largest absolute Gasteiger partial charge is 0.507 e. The van der Waals surface area contributed by atoms with Crippen LogP contribution >= 0.6 is 0 Å². The zero-order valence-electron chi connectivity index (χ0n) is 13.8. The molecule has 0 fully saturated rings.